The number of amides is 2. The molecule has 0 saturated carbocycles. The molecule has 4 rings (SSSR count). The molecular weight excluding hydrogens is 372 g/mol. The van der Waals surface area contributed by atoms with Crippen molar-refractivity contribution >= 4 is 28.8 Å². The fourth-order valence-electron chi connectivity index (χ4n) is 3.30. The number of nitrogens with one attached hydrogen (secondary N) is 1. The van der Waals surface area contributed by atoms with Crippen LogP contribution in [0.3, 0.4) is 0 Å². The van der Waals surface area contributed by atoms with E-state index in [0.717, 1.165) is 22.5 Å². The third-order valence-corrected chi connectivity index (χ3v) is 5.70. The van der Waals surface area contributed by atoms with Crippen LogP contribution in [0.25, 0.3) is 0 Å². The van der Waals surface area contributed by atoms with Crippen molar-refractivity contribution in [1.29, 1.82) is 0 Å². The van der Waals surface area contributed by atoms with Crippen LogP contribution in [0.1, 0.15) is 31.2 Å². The highest BCUT2D eigenvalue weighted by Crippen LogP contribution is 2.30. The molecule has 0 unspecified atom stereocenters. The van der Waals surface area contributed by atoms with Crippen molar-refractivity contribution in [3.63, 3.8) is 0 Å². The summed E-state index contributed by atoms with van der Waals surface area (Å²) in [5, 5.41) is 4.92. The van der Waals surface area contributed by atoms with E-state index in [-0.39, 0.29) is 11.8 Å². The molecule has 5 nitrogen and oxygen atoms in total. The van der Waals surface area contributed by atoms with Crippen molar-refractivity contribution < 1.29 is 14.3 Å². The van der Waals surface area contributed by atoms with Crippen molar-refractivity contribution in [3.05, 3.63) is 81.5 Å². The molecule has 3 aromatic rings. The second-order valence-electron chi connectivity index (χ2n) is 6.54. The number of hydrogen-bond donors (Lipinski definition) is 1. The quantitative estimate of drug-likeness (QED) is 0.717. The van der Waals surface area contributed by atoms with E-state index in [0.29, 0.717) is 30.0 Å². The Morgan fingerprint density at radius 1 is 1.11 bits per heavy atom. The molecule has 28 heavy (non-hydrogen) atoms. The summed E-state index contributed by atoms with van der Waals surface area (Å²) in [7, 11) is 1.60. The first-order chi connectivity index (χ1) is 13.7. The first-order valence-corrected chi connectivity index (χ1v) is 9.93. The zero-order chi connectivity index (χ0) is 19.5. The number of hydrogen-bond acceptors (Lipinski definition) is 4. The molecule has 2 aromatic carbocycles. The van der Waals surface area contributed by atoms with Gasteiger partial charge in [0.2, 0.25) is 0 Å². The lowest BCUT2D eigenvalue weighted by molar-refractivity contribution is 0.0948. The van der Waals surface area contributed by atoms with Crippen molar-refractivity contribution in [2.45, 2.75) is 13.0 Å². The van der Waals surface area contributed by atoms with Crippen LogP contribution in [0.15, 0.2) is 60.0 Å². The summed E-state index contributed by atoms with van der Waals surface area (Å²) in [5.41, 5.74) is 3.05. The Morgan fingerprint density at radius 2 is 1.89 bits per heavy atom. The largest absolute Gasteiger partial charge is 0.497 e. The monoisotopic (exact) mass is 392 g/mol. The molecule has 0 bridgehead atoms. The molecule has 2 heterocycles. The van der Waals surface area contributed by atoms with Crippen LogP contribution in [0.4, 0.5) is 5.69 Å². The summed E-state index contributed by atoms with van der Waals surface area (Å²) in [5.74, 6) is 0.501. The van der Waals surface area contributed by atoms with Crippen LogP contribution >= 0.6 is 11.3 Å². The Morgan fingerprint density at radius 3 is 2.61 bits per heavy atom. The molecule has 6 heteroatoms. The minimum absolute atomic E-state index is 0.0717. The fourth-order valence-corrected chi connectivity index (χ4v) is 3.95. The van der Waals surface area contributed by atoms with E-state index in [9.17, 15) is 9.59 Å². The van der Waals surface area contributed by atoms with Crippen LogP contribution in [-0.2, 0) is 13.0 Å². The highest BCUT2D eigenvalue weighted by molar-refractivity contribution is 7.09. The standard InChI is InChI=1S/C22H20N2O3S/c1-27-18-8-6-16(7-9-18)22(26)24-11-10-15-4-5-17(13-20(15)24)21(25)23-14-19-3-2-12-28-19/h2-9,12-13H,10-11,14H2,1H3,(H,23,25). The average Bonchev–Trinajstić information content (AvgIpc) is 3.40. The number of methoxy groups -OCH3 is 1. The maximum Gasteiger partial charge on any atom is 0.258 e. The van der Waals surface area contributed by atoms with Crippen molar-refractivity contribution in [2.75, 3.05) is 18.6 Å². The number of thiophene rings is 1. The molecule has 0 saturated heterocycles. The normalized spacial score (nSPS) is 12.5. The zero-order valence-corrected chi connectivity index (χ0v) is 16.3. The number of carbonyl (C=O) groups excluding carboxylic acids is 2. The van der Waals surface area contributed by atoms with Gasteiger partial charge < -0.3 is 15.0 Å². The van der Waals surface area contributed by atoms with E-state index in [1.165, 1.54) is 0 Å². The topological polar surface area (TPSA) is 58.6 Å². The van der Waals surface area contributed by atoms with E-state index < -0.39 is 0 Å². The van der Waals surface area contributed by atoms with Gasteiger partial charge in [-0.15, -0.1) is 11.3 Å². The summed E-state index contributed by atoms with van der Waals surface area (Å²) < 4.78 is 5.15. The number of ether oxygens (including phenoxy) is 1. The Kier molecular flexibility index (Phi) is 5.12. The molecule has 1 aliphatic heterocycles. The van der Waals surface area contributed by atoms with Gasteiger partial charge in [0, 0.05) is 28.2 Å². The Bertz CT molecular complexity index is 997. The average molecular weight is 392 g/mol. The molecule has 2 amide bonds. The smallest absolute Gasteiger partial charge is 0.258 e. The van der Waals surface area contributed by atoms with E-state index in [2.05, 4.69) is 5.32 Å². The number of benzene rings is 2. The molecule has 0 radical (unpaired) electrons. The van der Waals surface area contributed by atoms with Gasteiger partial charge in [-0.05, 0) is 59.8 Å². The third kappa shape index (κ3) is 3.64. The second kappa shape index (κ2) is 7.86. The molecule has 0 fully saturated rings. The number of carbonyl (C=O) groups is 2. The van der Waals surface area contributed by atoms with Gasteiger partial charge in [0.15, 0.2) is 0 Å². The highest BCUT2D eigenvalue weighted by Gasteiger charge is 2.26. The number of fused-ring (bicyclic) bond motifs is 1. The maximum absolute atomic E-state index is 13.0. The van der Waals surface area contributed by atoms with Crippen molar-refractivity contribution in [1.82, 2.24) is 5.32 Å². The van der Waals surface area contributed by atoms with Gasteiger partial charge in [-0.3, -0.25) is 9.59 Å². The predicted octanol–water partition coefficient (Wildman–Crippen LogP) is 3.89. The van der Waals surface area contributed by atoms with E-state index in [4.69, 9.17) is 4.74 Å². The molecule has 0 spiro atoms. The van der Waals surface area contributed by atoms with Crippen molar-refractivity contribution in [3.8, 4) is 5.75 Å². The minimum atomic E-state index is -0.139. The lowest BCUT2D eigenvalue weighted by Gasteiger charge is -2.18. The summed E-state index contributed by atoms with van der Waals surface area (Å²) in [6.07, 6.45) is 0.786. The summed E-state index contributed by atoms with van der Waals surface area (Å²) in [6.45, 7) is 1.11. The van der Waals surface area contributed by atoms with Crippen LogP contribution in [-0.4, -0.2) is 25.5 Å². The molecule has 142 valence electrons. The summed E-state index contributed by atoms with van der Waals surface area (Å²) >= 11 is 1.61. The first-order valence-electron chi connectivity index (χ1n) is 9.05. The van der Waals surface area contributed by atoms with Crippen molar-refractivity contribution in [2.24, 2.45) is 0 Å². The second-order valence-corrected chi connectivity index (χ2v) is 7.57. The van der Waals surface area contributed by atoms with Gasteiger partial charge in [0.25, 0.3) is 11.8 Å². The lowest BCUT2D eigenvalue weighted by atomic mass is 10.1. The fraction of sp³-hybridized carbons (Fsp3) is 0.182. The SMILES string of the molecule is COc1ccc(C(=O)N2CCc3ccc(C(=O)NCc4cccs4)cc32)cc1. The molecule has 1 N–H and O–H groups in total. The molecular formula is C22H20N2O3S. The van der Waals surface area contributed by atoms with Crippen LogP contribution in [0.2, 0.25) is 0 Å². The molecule has 0 aliphatic carbocycles. The van der Waals surface area contributed by atoms with Gasteiger partial charge in [0.05, 0.1) is 13.7 Å². The predicted molar refractivity (Wildman–Crippen MR) is 110 cm³/mol. The van der Waals surface area contributed by atoms with Crippen LogP contribution < -0.4 is 15.0 Å². The first kappa shape index (κ1) is 18.3. The van der Waals surface area contributed by atoms with Gasteiger partial charge in [-0.25, -0.2) is 0 Å². The van der Waals surface area contributed by atoms with Gasteiger partial charge in [-0.1, -0.05) is 12.1 Å². The lowest BCUT2D eigenvalue weighted by Crippen LogP contribution is -2.29. The number of anilines is 1. The van der Waals surface area contributed by atoms with E-state index >= 15 is 0 Å². The van der Waals surface area contributed by atoms with Gasteiger partial charge in [0.1, 0.15) is 5.75 Å². The number of rotatable bonds is 5. The zero-order valence-electron chi connectivity index (χ0n) is 15.5. The molecule has 1 aromatic heterocycles. The van der Waals surface area contributed by atoms with E-state index in [1.54, 1.807) is 47.6 Å². The van der Waals surface area contributed by atoms with Crippen LogP contribution in [0.5, 0.6) is 5.75 Å². The van der Waals surface area contributed by atoms with Gasteiger partial charge >= 0.3 is 0 Å². The summed E-state index contributed by atoms with van der Waals surface area (Å²) in [4.78, 5) is 28.3. The number of nitrogens with zero attached hydrogens (tertiary/aromatic N) is 1. The molecule has 1 aliphatic rings. The molecule has 0 atom stereocenters. The Hall–Kier alpha value is -3.12. The minimum Gasteiger partial charge on any atom is -0.497 e. The van der Waals surface area contributed by atoms with Gasteiger partial charge in [-0.2, -0.15) is 0 Å². The summed E-state index contributed by atoms with van der Waals surface area (Å²) in [6, 6.07) is 16.6. The van der Waals surface area contributed by atoms with E-state index in [1.807, 2.05) is 35.7 Å². The Labute approximate surface area is 167 Å². The Balaban J connectivity index is 1.52. The maximum atomic E-state index is 13.0. The highest BCUT2D eigenvalue weighted by atomic mass is 32.1. The van der Waals surface area contributed by atoms with Crippen LogP contribution in [0, 0.1) is 0 Å². The third-order valence-electron chi connectivity index (χ3n) is 4.83.